The van der Waals surface area contributed by atoms with Crippen molar-refractivity contribution in [2.45, 2.75) is 13.3 Å². The largest absolute Gasteiger partial charge is 0.393 e. The van der Waals surface area contributed by atoms with Gasteiger partial charge in [0.2, 0.25) is 0 Å². The van der Waals surface area contributed by atoms with Gasteiger partial charge >= 0.3 is 0 Å². The molecule has 0 amide bonds. The Morgan fingerprint density at radius 1 is 1.21 bits per heavy atom. The van der Waals surface area contributed by atoms with E-state index < -0.39 is 4.92 Å². The molecule has 0 fully saturated rings. The van der Waals surface area contributed by atoms with E-state index in [1.165, 1.54) is 11.6 Å². The molecular formula is C14H15N3O2. The molecule has 0 aromatic heterocycles. The van der Waals surface area contributed by atoms with E-state index in [0.717, 1.165) is 17.8 Å². The zero-order valence-electron chi connectivity index (χ0n) is 10.6. The van der Waals surface area contributed by atoms with E-state index >= 15 is 0 Å². The van der Waals surface area contributed by atoms with Crippen molar-refractivity contribution in [3.63, 3.8) is 0 Å². The molecule has 5 heteroatoms. The van der Waals surface area contributed by atoms with Crippen LogP contribution in [0.3, 0.4) is 0 Å². The predicted molar refractivity (Wildman–Crippen MR) is 76.6 cm³/mol. The minimum Gasteiger partial charge on any atom is -0.393 e. The van der Waals surface area contributed by atoms with Gasteiger partial charge in [-0.05, 0) is 36.2 Å². The summed E-state index contributed by atoms with van der Waals surface area (Å²) in [4.78, 5) is 10.2. The summed E-state index contributed by atoms with van der Waals surface area (Å²) in [5.74, 6) is 0. The molecular weight excluding hydrogens is 242 g/mol. The number of nitro benzene ring substituents is 1. The van der Waals surface area contributed by atoms with Gasteiger partial charge in [-0.2, -0.15) is 0 Å². The second kappa shape index (κ2) is 5.39. The summed E-state index contributed by atoms with van der Waals surface area (Å²) in [6.07, 6.45) is 0.956. The van der Waals surface area contributed by atoms with Gasteiger partial charge in [0.25, 0.3) is 5.69 Å². The van der Waals surface area contributed by atoms with Gasteiger partial charge in [0.05, 0.1) is 4.92 Å². The molecule has 3 N–H and O–H groups in total. The number of nitrogens with zero attached hydrogens (tertiary/aromatic N) is 1. The van der Waals surface area contributed by atoms with Crippen LogP contribution < -0.4 is 11.1 Å². The second-order valence-corrected chi connectivity index (χ2v) is 4.21. The normalized spacial score (nSPS) is 10.2. The van der Waals surface area contributed by atoms with Gasteiger partial charge in [-0.15, -0.1) is 0 Å². The van der Waals surface area contributed by atoms with E-state index in [0.29, 0.717) is 0 Å². The highest BCUT2D eigenvalue weighted by Gasteiger charge is 2.10. The third-order valence-electron chi connectivity index (χ3n) is 2.85. The fourth-order valence-electron chi connectivity index (χ4n) is 1.83. The second-order valence-electron chi connectivity index (χ2n) is 4.21. The molecule has 0 aliphatic carbocycles. The molecule has 0 saturated heterocycles. The fourth-order valence-corrected chi connectivity index (χ4v) is 1.83. The Hall–Kier alpha value is -2.56. The maximum Gasteiger partial charge on any atom is 0.292 e. The zero-order chi connectivity index (χ0) is 13.8. The van der Waals surface area contributed by atoms with Crippen LogP contribution in [-0.4, -0.2) is 4.92 Å². The quantitative estimate of drug-likeness (QED) is 0.499. The van der Waals surface area contributed by atoms with Crippen LogP contribution in [0.5, 0.6) is 0 Å². The van der Waals surface area contributed by atoms with Crippen LogP contribution in [0.25, 0.3) is 0 Å². The van der Waals surface area contributed by atoms with Gasteiger partial charge in [0.15, 0.2) is 0 Å². The number of benzene rings is 2. The zero-order valence-corrected chi connectivity index (χ0v) is 10.6. The standard InChI is InChI=1S/C14H15N3O2/c1-2-10-4-3-5-11(8-10)16-12-6-7-14(17(18)19)13(15)9-12/h3-9,16H,2,15H2,1H3. The van der Waals surface area contributed by atoms with E-state index in [4.69, 9.17) is 5.73 Å². The van der Waals surface area contributed by atoms with Gasteiger partial charge in [-0.1, -0.05) is 19.1 Å². The molecule has 0 aliphatic heterocycles. The van der Waals surface area contributed by atoms with Crippen molar-refractivity contribution in [2.24, 2.45) is 0 Å². The molecule has 0 aliphatic rings. The number of hydrogen-bond donors (Lipinski definition) is 2. The summed E-state index contributed by atoms with van der Waals surface area (Å²) in [6.45, 7) is 2.09. The first kappa shape index (κ1) is 12.9. The summed E-state index contributed by atoms with van der Waals surface area (Å²) < 4.78 is 0. The van der Waals surface area contributed by atoms with Crippen molar-refractivity contribution < 1.29 is 4.92 Å². The number of aryl methyl sites for hydroxylation is 1. The van der Waals surface area contributed by atoms with E-state index in [-0.39, 0.29) is 11.4 Å². The molecule has 5 nitrogen and oxygen atoms in total. The Labute approximate surface area is 111 Å². The van der Waals surface area contributed by atoms with Gasteiger partial charge in [-0.25, -0.2) is 0 Å². The molecule has 0 spiro atoms. The lowest BCUT2D eigenvalue weighted by Gasteiger charge is -2.08. The van der Waals surface area contributed by atoms with Crippen molar-refractivity contribution in [1.29, 1.82) is 0 Å². The van der Waals surface area contributed by atoms with Crippen molar-refractivity contribution >= 4 is 22.7 Å². The van der Waals surface area contributed by atoms with E-state index in [1.807, 2.05) is 18.2 Å². The smallest absolute Gasteiger partial charge is 0.292 e. The first-order valence-corrected chi connectivity index (χ1v) is 6.00. The minimum absolute atomic E-state index is 0.0761. The average molecular weight is 257 g/mol. The molecule has 19 heavy (non-hydrogen) atoms. The van der Waals surface area contributed by atoms with Crippen LogP contribution in [0.4, 0.5) is 22.7 Å². The maximum absolute atomic E-state index is 10.7. The molecule has 2 rings (SSSR count). The molecule has 2 aromatic rings. The van der Waals surface area contributed by atoms with Crippen molar-refractivity contribution in [3.05, 3.63) is 58.1 Å². The van der Waals surface area contributed by atoms with Gasteiger partial charge in [-0.3, -0.25) is 10.1 Å². The third-order valence-corrected chi connectivity index (χ3v) is 2.85. The van der Waals surface area contributed by atoms with Gasteiger partial charge in [0, 0.05) is 17.4 Å². The first-order chi connectivity index (χ1) is 9.10. The van der Waals surface area contributed by atoms with Gasteiger partial charge < -0.3 is 11.1 Å². The number of anilines is 3. The molecule has 0 saturated carbocycles. The van der Waals surface area contributed by atoms with Gasteiger partial charge in [0.1, 0.15) is 5.69 Å². The molecule has 0 bridgehead atoms. The van der Waals surface area contributed by atoms with Crippen molar-refractivity contribution in [1.82, 2.24) is 0 Å². The monoisotopic (exact) mass is 257 g/mol. The van der Waals surface area contributed by atoms with Crippen LogP contribution in [0, 0.1) is 10.1 Å². The fraction of sp³-hybridized carbons (Fsp3) is 0.143. The number of nitrogens with one attached hydrogen (secondary N) is 1. The Bertz CT molecular complexity index is 611. The number of nitrogens with two attached hydrogens (primary N) is 1. The van der Waals surface area contributed by atoms with Crippen LogP contribution >= 0.6 is 0 Å². The predicted octanol–water partition coefficient (Wildman–Crippen LogP) is 3.48. The highest BCUT2D eigenvalue weighted by Crippen LogP contribution is 2.26. The summed E-state index contributed by atoms with van der Waals surface area (Å²) in [6, 6.07) is 12.6. The number of nitrogen functional groups attached to an aromatic ring is 1. The highest BCUT2D eigenvalue weighted by atomic mass is 16.6. The molecule has 0 radical (unpaired) electrons. The number of nitro groups is 1. The molecule has 98 valence electrons. The lowest BCUT2D eigenvalue weighted by atomic mass is 10.1. The Morgan fingerprint density at radius 2 is 1.95 bits per heavy atom. The van der Waals surface area contributed by atoms with Crippen LogP contribution in [0.2, 0.25) is 0 Å². The lowest BCUT2D eigenvalue weighted by molar-refractivity contribution is -0.383. The van der Waals surface area contributed by atoms with E-state index in [1.54, 1.807) is 12.1 Å². The molecule has 2 aromatic carbocycles. The lowest BCUT2D eigenvalue weighted by Crippen LogP contribution is -1.97. The summed E-state index contributed by atoms with van der Waals surface area (Å²) in [5, 5.41) is 13.9. The first-order valence-electron chi connectivity index (χ1n) is 6.00. The molecule has 0 heterocycles. The molecule has 0 atom stereocenters. The number of rotatable bonds is 4. The Kier molecular flexibility index (Phi) is 3.66. The van der Waals surface area contributed by atoms with Crippen LogP contribution in [-0.2, 0) is 6.42 Å². The highest BCUT2D eigenvalue weighted by molar-refractivity contribution is 5.70. The van der Waals surface area contributed by atoms with E-state index in [9.17, 15) is 10.1 Å². The average Bonchev–Trinajstić information content (AvgIpc) is 2.38. The Balaban J connectivity index is 2.23. The maximum atomic E-state index is 10.7. The topological polar surface area (TPSA) is 81.2 Å². The van der Waals surface area contributed by atoms with Crippen molar-refractivity contribution in [3.8, 4) is 0 Å². The van der Waals surface area contributed by atoms with Crippen LogP contribution in [0.1, 0.15) is 12.5 Å². The minimum atomic E-state index is -0.489. The summed E-state index contributed by atoms with van der Waals surface area (Å²) in [5.41, 5.74) is 8.62. The Morgan fingerprint density at radius 3 is 2.58 bits per heavy atom. The summed E-state index contributed by atoms with van der Waals surface area (Å²) in [7, 11) is 0. The van der Waals surface area contributed by atoms with E-state index in [2.05, 4.69) is 18.3 Å². The van der Waals surface area contributed by atoms with Crippen molar-refractivity contribution in [2.75, 3.05) is 11.1 Å². The van der Waals surface area contributed by atoms with Crippen LogP contribution in [0.15, 0.2) is 42.5 Å². The number of hydrogen-bond acceptors (Lipinski definition) is 4. The third kappa shape index (κ3) is 3.01. The SMILES string of the molecule is CCc1cccc(Nc2ccc([N+](=O)[O-])c(N)c2)c1. The summed E-state index contributed by atoms with van der Waals surface area (Å²) >= 11 is 0. The molecule has 0 unspecified atom stereocenters.